The molecule has 1 amide bonds. The third kappa shape index (κ3) is 5.52. The number of nitrogens with one attached hydrogen (secondary N) is 1. The van der Waals surface area contributed by atoms with E-state index in [1.54, 1.807) is 42.5 Å². The number of amides is 1. The molecule has 2 rings (SSSR count). The highest BCUT2D eigenvalue weighted by Gasteiger charge is 2.16. The van der Waals surface area contributed by atoms with Crippen LogP contribution in [0.3, 0.4) is 0 Å². The minimum atomic E-state index is -0.914. The highest BCUT2D eigenvalue weighted by Crippen LogP contribution is 2.36. The van der Waals surface area contributed by atoms with E-state index < -0.39 is 6.10 Å². The molecular weight excluding hydrogens is 350 g/mol. The SMILES string of the molecule is CCOc1ccccc1C(=O)NCC(O)COc1c(OC)cccc1OC. The predicted molar refractivity (Wildman–Crippen MR) is 101 cm³/mol. The molecule has 0 heterocycles. The van der Waals surface area contributed by atoms with Crippen molar-refractivity contribution in [1.82, 2.24) is 5.32 Å². The molecule has 0 bridgehead atoms. The lowest BCUT2D eigenvalue weighted by Gasteiger charge is -2.17. The van der Waals surface area contributed by atoms with E-state index in [9.17, 15) is 9.90 Å². The normalized spacial score (nSPS) is 11.4. The summed E-state index contributed by atoms with van der Waals surface area (Å²) in [6.45, 7) is 2.30. The molecule has 27 heavy (non-hydrogen) atoms. The largest absolute Gasteiger partial charge is 0.493 e. The monoisotopic (exact) mass is 375 g/mol. The van der Waals surface area contributed by atoms with Gasteiger partial charge in [-0.3, -0.25) is 4.79 Å². The van der Waals surface area contributed by atoms with E-state index in [1.807, 2.05) is 6.92 Å². The van der Waals surface area contributed by atoms with E-state index in [2.05, 4.69) is 5.32 Å². The van der Waals surface area contributed by atoms with Crippen LogP contribution in [-0.4, -0.2) is 51.1 Å². The zero-order valence-electron chi connectivity index (χ0n) is 15.7. The quantitative estimate of drug-likeness (QED) is 0.663. The summed E-state index contributed by atoms with van der Waals surface area (Å²) in [5.74, 6) is 1.57. The molecular formula is C20H25NO6. The van der Waals surface area contributed by atoms with Crippen molar-refractivity contribution in [3.63, 3.8) is 0 Å². The molecule has 7 heteroatoms. The fraction of sp³-hybridized carbons (Fsp3) is 0.350. The Hall–Kier alpha value is -2.93. The van der Waals surface area contributed by atoms with Crippen LogP contribution in [0.15, 0.2) is 42.5 Å². The van der Waals surface area contributed by atoms with Gasteiger partial charge >= 0.3 is 0 Å². The van der Waals surface area contributed by atoms with Crippen molar-refractivity contribution in [2.45, 2.75) is 13.0 Å². The van der Waals surface area contributed by atoms with Crippen molar-refractivity contribution in [2.24, 2.45) is 0 Å². The third-order valence-corrected chi connectivity index (χ3v) is 3.73. The molecule has 1 atom stereocenters. The molecule has 0 spiro atoms. The average molecular weight is 375 g/mol. The number of para-hydroxylation sites is 2. The van der Waals surface area contributed by atoms with E-state index in [0.717, 1.165) is 0 Å². The lowest BCUT2D eigenvalue weighted by Crippen LogP contribution is -2.35. The lowest BCUT2D eigenvalue weighted by molar-refractivity contribution is 0.0831. The maximum absolute atomic E-state index is 12.3. The first-order chi connectivity index (χ1) is 13.1. The van der Waals surface area contributed by atoms with Gasteiger partial charge in [-0.1, -0.05) is 18.2 Å². The number of aliphatic hydroxyl groups is 1. The topological polar surface area (TPSA) is 86.3 Å². The first kappa shape index (κ1) is 20.4. The predicted octanol–water partition coefficient (Wildman–Crippen LogP) is 2.27. The van der Waals surface area contributed by atoms with Crippen molar-refractivity contribution in [3.05, 3.63) is 48.0 Å². The maximum Gasteiger partial charge on any atom is 0.255 e. The molecule has 0 fully saturated rings. The Morgan fingerprint density at radius 3 is 2.26 bits per heavy atom. The van der Waals surface area contributed by atoms with Crippen molar-refractivity contribution >= 4 is 5.91 Å². The summed E-state index contributed by atoms with van der Waals surface area (Å²) in [7, 11) is 3.04. The first-order valence-electron chi connectivity index (χ1n) is 8.62. The molecule has 0 aliphatic rings. The fourth-order valence-corrected chi connectivity index (χ4v) is 2.44. The van der Waals surface area contributed by atoms with Crippen LogP contribution in [-0.2, 0) is 0 Å². The van der Waals surface area contributed by atoms with E-state index in [0.29, 0.717) is 35.2 Å². The zero-order chi connectivity index (χ0) is 19.6. The average Bonchev–Trinajstić information content (AvgIpc) is 2.70. The number of ether oxygens (including phenoxy) is 4. The van der Waals surface area contributed by atoms with Crippen LogP contribution in [0, 0.1) is 0 Å². The lowest BCUT2D eigenvalue weighted by atomic mass is 10.2. The van der Waals surface area contributed by atoms with Gasteiger partial charge in [-0.25, -0.2) is 0 Å². The number of hydrogen-bond acceptors (Lipinski definition) is 6. The first-order valence-corrected chi connectivity index (χ1v) is 8.62. The Kier molecular flexibility index (Phi) is 7.76. The Labute approximate surface area is 158 Å². The highest BCUT2D eigenvalue weighted by atomic mass is 16.5. The highest BCUT2D eigenvalue weighted by molar-refractivity contribution is 5.96. The Morgan fingerprint density at radius 2 is 1.63 bits per heavy atom. The van der Waals surface area contributed by atoms with Crippen LogP contribution in [0.5, 0.6) is 23.0 Å². The minimum Gasteiger partial charge on any atom is -0.493 e. The van der Waals surface area contributed by atoms with Gasteiger partial charge in [-0.2, -0.15) is 0 Å². The smallest absolute Gasteiger partial charge is 0.255 e. The summed E-state index contributed by atoms with van der Waals surface area (Å²) >= 11 is 0. The molecule has 0 radical (unpaired) electrons. The zero-order valence-corrected chi connectivity index (χ0v) is 15.7. The van der Waals surface area contributed by atoms with Crippen molar-refractivity contribution < 1.29 is 28.8 Å². The maximum atomic E-state index is 12.3. The van der Waals surface area contributed by atoms with E-state index >= 15 is 0 Å². The summed E-state index contributed by atoms with van der Waals surface area (Å²) in [6, 6.07) is 12.2. The summed E-state index contributed by atoms with van der Waals surface area (Å²) in [5.41, 5.74) is 0.416. The molecule has 2 aromatic rings. The fourth-order valence-electron chi connectivity index (χ4n) is 2.44. The number of hydrogen-bond donors (Lipinski definition) is 2. The summed E-state index contributed by atoms with van der Waals surface area (Å²) in [6.07, 6.45) is -0.914. The number of benzene rings is 2. The molecule has 7 nitrogen and oxygen atoms in total. The standard InChI is InChI=1S/C20H25NO6/c1-4-26-16-9-6-5-8-15(16)20(23)21-12-14(22)13-27-19-17(24-2)10-7-11-18(19)25-3/h5-11,14,22H,4,12-13H2,1-3H3,(H,21,23). The molecule has 0 aromatic heterocycles. The molecule has 0 saturated heterocycles. The second kappa shape index (κ2) is 10.3. The number of rotatable bonds is 10. The van der Waals surface area contributed by atoms with E-state index in [1.165, 1.54) is 14.2 Å². The van der Waals surface area contributed by atoms with Crippen LogP contribution >= 0.6 is 0 Å². The third-order valence-electron chi connectivity index (χ3n) is 3.73. The van der Waals surface area contributed by atoms with Crippen molar-refractivity contribution in [2.75, 3.05) is 34.0 Å². The molecule has 2 N–H and O–H groups in total. The van der Waals surface area contributed by atoms with Gasteiger partial charge in [-0.05, 0) is 31.2 Å². The number of aliphatic hydroxyl groups excluding tert-OH is 1. The van der Waals surface area contributed by atoms with Crippen molar-refractivity contribution in [3.8, 4) is 23.0 Å². The van der Waals surface area contributed by atoms with E-state index in [-0.39, 0.29) is 19.1 Å². The van der Waals surface area contributed by atoms with E-state index in [4.69, 9.17) is 18.9 Å². The van der Waals surface area contributed by atoms with Gasteiger partial charge in [-0.15, -0.1) is 0 Å². The molecule has 146 valence electrons. The molecule has 0 saturated carbocycles. The van der Waals surface area contributed by atoms with Gasteiger partial charge in [0.25, 0.3) is 5.91 Å². The molecule has 0 aliphatic heterocycles. The summed E-state index contributed by atoms with van der Waals surface area (Å²) in [5, 5.41) is 12.8. The molecule has 1 unspecified atom stereocenters. The second-order valence-electron chi connectivity index (χ2n) is 5.60. The van der Waals surface area contributed by atoms with Gasteiger partial charge < -0.3 is 29.4 Å². The number of carbonyl (C=O) groups excluding carboxylic acids is 1. The second-order valence-corrected chi connectivity index (χ2v) is 5.60. The number of carbonyl (C=O) groups is 1. The molecule has 0 aliphatic carbocycles. The Balaban J connectivity index is 1.92. The Morgan fingerprint density at radius 1 is 1.00 bits per heavy atom. The van der Waals surface area contributed by atoms with Crippen LogP contribution in [0.25, 0.3) is 0 Å². The van der Waals surface area contributed by atoms with Crippen molar-refractivity contribution in [1.29, 1.82) is 0 Å². The van der Waals surface area contributed by atoms with Gasteiger partial charge in [0.15, 0.2) is 11.5 Å². The minimum absolute atomic E-state index is 0.0246. The Bertz CT molecular complexity index is 727. The van der Waals surface area contributed by atoms with Crippen LogP contribution in [0.1, 0.15) is 17.3 Å². The van der Waals surface area contributed by atoms with Crippen LogP contribution < -0.4 is 24.3 Å². The van der Waals surface area contributed by atoms with Gasteiger partial charge in [0, 0.05) is 6.54 Å². The van der Waals surface area contributed by atoms with Crippen LogP contribution in [0.4, 0.5) is 0 Å². The van der Waals surface area contributed by atoms with Gasteiger partial charge in [0.1, 0.15) is 18.5 Å². The molecule has 2 aromatic carbocycles. The van der Waals surface area contributed by atoms with Gasteiger partial charge in [0.05, 0.1) is 26.4 Å². The van der Waals surface area contributed by atoms with Crippen LogP contribution in [0.2, 0.25) is 0 Å². The summed E-state index contributed by atoms with van der Waals surface area (Å²) in [4.78, 5) is 12.3. The number of methoxy groups -OCH3 is 2. The van der Waals surface area contributed by atoms with Gasteiger partial charge in [0.2, 0.25) is 5.75 Å². The summed E-state index contributed by atoms with van der Waals surface area (Å²) < 4.78 is 21.6.